The average Bonchev–Trinajstić information content (AvgIpc) is 2.86. The van der Waals surface area contributed by atoms with E-state index in [0.717, 1.165) is 18.2 Å². The van der Waals surface area contributed by atoms with E-state index in [1.54, 1.807) is 0 Å². The number of alkyl halides is 3. The van der Waals surface area contributed by atoms with Crippen LogP contribution in [-0.4, -0.2) is 55.9 Å². The highest BCUT2D eigenvalue weighted by Crippen LogP contribution is 2.35. The van der Waals surface area contributed by atoms with Crippen LogP contribution < -0.4 is 9.50 Å². The van der Waals surface area contributed by atoms with Crippen LogP contribution in [0.3, 0.4) is 0 Å². The van der Waals surface area contributed by atoms with Crippen molar-refractivity contribution in [2.45, 2.75) is 24.4 Å². The molecule has 1 heterocycles. The minimum Gasteiger partial charge on any atom is -0.375 e. The van der Waals surface area contributed by atoms with Gasteiger partial charge in [0, 0.05) is 13.5 Å². The number of nitrogens with one attached hydrogen (secondary N) is 1. The van der Waals surface area contributed by atoms with E-state index in [1.165, 1.54) is 7.05 Å². The fourth-order valence-electron chi connectivity index (χ4n) is 2.47. The van der Waals surface area contributed by atoms with Gasteiger partial charge in [0.05, 0.1) is 17.2 Å². The first-order valence-electron chi connectivity index (χ1n) is 7.62. The van der Waals surface area contributed by atoms with Gasteiger partial charge in [0.2, 0.25) is 5.91 Å². The number of halogens is 3. The molecule has 1 atom stereocenters. The number of amides is 3. The number of imide groups is 1. The van der Waals surface area contributed by atoms with Gasteiger partial charge in [-0.25, -0.2) is 0 Å². The fourth-order valence-corrected chi connectivity index (χ4v) is 2.94. The third kappa shape index (κ3) is 3.83. The topological polar surface area (TPSA) is 127 Å². The van der Waals surface area contributed by atoms with Gasteiger partial charge >= 0.3 is 15.6 Å². The Hall–Kier alpha value is -2.96. The van der Waals surface area contributed by atoms with Crippen molar-refractivity contribution in [2.24, 2.45) is 0 Å². The monoisotopic (exact) mass is 422 g/mol. The molecule has 3 amide bonds. The van der Waals surface area contributed by atoms with Crippen LogP contribution in [0.15, 0.2) is 18.2 Å². The van der Waals surface area contributed by atoms with Gasteiger partial charge in [-0.1, -0.05) is 6.07 Å². The van der Waals surface area contributed by atoms with Crippen molar-refractivity contribution in [1.29, 1.82) is 0 Å². The third-order valence-corrected chi connectivity index (χ3v) is 4.79. The highest BCUT2D eigenvalue weighted by atomic mass is 32.2. The molecule has 0 spiro atoms. The zero-order chi connectivity index (χ0) is 21.3. The number of hydrogen-bond acceptors (Lipinski definition) is 7. The third-order valence-electron chi connectivity index (χ3n) is 3.83. The van der Waals surface area contributed by atoms with Gasteiger partial charge in [0.1, 0.15) is 6.29 Å². The first-order valence-corrected chi connectivity index (χ1v) is 9.03. The maximum Gasteiger partial charge on any atom is 0.534 e. The highest BCUT2D eigenvalue weighted by molar-refractivity contribution is 7.88. The number of aldehydes is 1. The van der Waals surface area contributed by atoms with Crippen molar-refractivity contribution < 1.29 is 45.0 Å². The predicted octanol–water partition coefficient (Wildman–Crippen LogP) is 0.605. The number of carbonyl (C=O) groups excluding carboxylic acids is 4. The molecule has 1 unspecified atom stereocenters. The summed E-state index contributed by atoms with van der Waals surface area (Å²) >= 11 is 0. The van der Waals surface area contributed by atoms with E-state index in [1.807, 2.05) is 0 Å². The van der Waals surface area contributed by atoms with Gasteiger partial charge in [0.25, 0.3) is 11.8 Å². The lowest BCUT2D eigenvalue weighted by Gasteiger charge is -2.21. The maximum atomic E-state index is 12.6. The van der Waals surface area contributed by atoms with E-state index in [-0.39, 0.29) is 19.1 Å². The van der Waals surface area contributed by atoms with Crippen molar-refractivity contribution in [1.82, 2.24) is 10.2 Å². The Labute approximate surface area is 156 Å². The normalized spacial score (nSPS) is 15.2. The van der Waals surface area contributed by atoms with Crippen LogP contribution in [0.4, 0.5) is 13.2 Å². The number of rotatable bonds is 7. The first-order chi connectivity index (χ1) is 12.9. The second-order valence-corrected chi connectivity index (χ2v) is 7.10. The Morgan fingerprint density at radius 2 is 1.93 bits per heavy atom. The van der Waals surface area contributed by atoms with Crippen LogP contribution in [0.1, 0.15) is 33.6 Å². The molecule has 0 radical (unpaired) electrons. The average molecular weight is 422 g/mol. The van der Waals surface area contributed by atoms with Crippen molar-refractivity contribution in [2.75, 3.05) is 7.05 Å². The standard InChI is InChI=1S/C15H13F3N2O7S/c1-19-11(22)6-5-8(7-21)20-13(23)9-3-2-4-10(12(9)14(20)24)27-28(25,26)15(16,17)18/h2-4,7-8H,5-6H2,1H3,(H,19,22). The Morgan fingerprint density at radius 3 is 2.46 bits per heavy atom. The highest BCUT2D eigenvalue weighted by Gasteiger charge is 2.50. The quantitative estimate of drug-likeness (QED) is 0.295. The lowest BCUT2D eigenvalue weighted by atomic mass is 10.1. The molecule has 1 aliphatic heterocycles. The number of benzene rings is 1. The second-order valence-electron chi connectivity index (χ2n) is 5.56. The van der Waals surface area contributed by atoms with Crippen molar-refractivity contribution in [3.05, 3.63) is 29.3 Å². The van der Waals surface area contributed by atoms with Gasteiger partial charge < -0.3 is 14.3 Å². The molecule has 0 saturated carbocycles. The minimum atomic E-state index is -6.09. The Morgan fingerprint density at radius 1 is 1.29 bits per heavy atom. The molecule has 1 N–H and O–H groups in total. The lowest BCUT2D eigenvalue weighted by molar-refractivity contribution is -0.121. The Balaban J connectivity index is 2.40. The van der Waals surface area contributed by atoms with Crippen molar-refractivity contribution >= 4 is 34.1 Å². The number of nitrogens with zero attached hydrogens (tertiary/aromatic N) is 1. The molecule has 1 aromatic rings. The van der Waals surface area contributed by atoms with E-state index in [0.29, 0.717) is 4.90 Å². The van der Waals surface area contributed by atoms with Crippen LogP contribution in [0.2, 0.25) is 0 Å². The number of fused-ring (bicyclic) bond motifs is 1. The summed E-state index contributed by atoms with van der Waals surface area (Å²) in [6.07, 6.45) is -0.206. The predicted molar refractivity (Wildman–Crippen MR) is 85.7 cm³/mol. The largest absolute Gasteiger partial charge is 0.534 e. The van der Waals surface area contributed by atoms with E-state index in [9.17, 15) is 40.8 Å². The molecule has 0 fully saturated rings. The maximum absolute atomic E-state index is 12.6. The van der Waals surface area contributed by atoms with Gasteiger partial charge in [-0.05, 0) is 18.6 Å². The molecule has 13 heteroatoms. The summed E-state index contributed by atoms with van der Waals surface area (Å²) in [6.45, 7) is 0. The SMILES string of the molecule is CNC(=O)CCC(C=O)N1C(=O)c2cccc(OS(=O)(=O)C(F)(F)F)c2C1=O. The van der Waals surface area contributed by atoms with Gasteiger partial charge in [-0.2, -0.15) is 21.6 Å². The van der Waals surface area contributed by atoms with E-state index >= 15 is 0 Å². The molecule has 0 aliphatic carbocycles. The molecule has 0 aromatic heterocycles. The van der Waals surface area contributed by atoms with E-state index < -0.39 is 56.3 Å². The molecule has 2 rings (SSSR count). The van der Waals surface area contributed by atoms with Crippen LogP contribution >= 0.6 is 0 Å². The summed E-state index contributed by atoms with van der Waals surface area (Å²) in [5, 5.41) is 2.29. The second kappa shape index (κ2) is 7.58. The summed E-state index contributed by atoms with van der Waals surface area (Å²) in [5.74, 6) is -3.69. The lowest BCUT2D eigenvalue weighted by Crippen LogP contribution is -2.41. The first kappa shape index (κ1) is 21.3. The van der Waals surface area contributed by atoms with Crippen molar-refractivity contribution in [3.63, 3.8) is 0 Å². The fraction of sp³-hybridized carbons (Fsp3) is 0.333. The van der Waals surface area contributed by atoms with Crippen LogP contribution in [0.5, 0.6) is 5.75 Å². The molecule has 0 bridgehead atoms. The number of hydrogen-bond donors (Lipinski definition) is 1. The van der Waals surface area contributed by atoms with Crippen LogP contribution in [0, 0.1) is 0 Å². The van der Waals surface area contributed by atoms with Crippen LogP contribution in [-0.2, 0) is 19.7 Å². The Kier molecular flexibility index (Phi) is 5.77. The van der Waals surface area contributed by atoms with Gasteiger partial charge in [-0.3, -0.25) is 19.3 Å². The summed E-state index contributed by atoms with van der Waals surface area (Å²) in [7, 11) is -4.75. The van der Waals surface area contributed by atoms with Crippen LogP contribution in [0.25, 0.3) is 0 Å². The van der Waals surface area contributed by atoms with E-state index in [2.05, 4.69) is 9.50 Å². The molecule has 28 heavy (non-hydrogen) atoms. The zero-order valence-electron chi connectivity index (χ0n) is 14.1. The zero-order valence-corrected chi connectivity index (χ0v) is 15.0. The Bertz CT molecular complexity index is 943. The van der Waals surface area contributed by atoms with Crippen molar-refractivity contribution in [3.8, 4) is 5.75 Å². The summed E-state index contributed by atoms with van der Waals surface area (Å²) < 4.78 is 64.1. The van der Waals surface area contributed by atoms with Gasteiger partial charge in [-0.15, -0.1) is 0 Å². The molecule has 9 nitrogen and oxygen atoms in total. The number of carbonyl (C=O) groups is 4. The molecule has 0 saturated heterocycles. The molecule has 1 aromatic carbocycles. The smallest absolute Gasteiger partial charge is 0.375 e. The summed E-state index contributed by atoms with van der Waals surface area (Å²) in [5.41, 5.74) is -6.89. The molecule has 1 aliphatic rings. The van der Waals surface area contributed by atoms with E-state index in [4.69, 9.17) is 0 Å². The molecule has 152 valence electrons. The summed E-state index contributed by atoms with van der Waals surface area (Å²) in [6, 6.07) is 1.49. The van der Waals surface area contributed by atoms with Gasteiger partial charge in [0.15, 0.2) is 5.75 Å². The molecular formula is C15H13F3N2O7S. The molecular weight excluding hydrogens is 409 g/mol. The summed E-state index contributed by atoms with van der Waals surface area (Å²) in [4.78, 5) is 48.1. The minimum absolute atomic E-state index is 0.209.